The molecule has 0 bridgehead atoms. The van der Waals surface area contributed by atoms with E-state index in [9.17, 15) is 4.39 Å². The van der Waals surface area contributed by atoms with Crippen LogP contribution < -0.4 is 5.32 Å². The molecule has 3 aromatic heterocycles. The lowest BCUT2D eigenvalue weighted by atomic mass is 9.92. The van der Waals surface area contributed by atoms with Crippen molar-refractivity contribution in [3.8, 4) is 17.1 Å². The molecule has 4 aromatic rings. The van der Waals surface area contributed by atoms with Gasteiger partial charge in [0.05, 0.1) is 11.4 Å². The number of aromatic amines is 1. The lowest BCUT2D eigenvalue weighted by Gasteiger charge is -2.13. The molecule has 3 heterocycles. The molecule has 0 aliphatic rings. The number of furan rings is 1. The van der Waals surface area contributed by atoms with E-state index >= 15 is 0 Å². The van der Waals surface area contributed by atoms with Gasteiger partial charge >= 0.3 is 0 Å². The van der Waals surface area contributed by atoms with Crippen molar-refractivity contribution in [1.82, 2.24) is 25.3 Å². The van der Waals surface area contributed by atoms with Crippen LogP contribution in [0.5, 0.6) is 0 Å². The Kier molecular flexibility index (Phi) is 5.30. The number of aromatic nitrogens is 4. The van der Waals surface area contributed by atoms with Crippen LogP contribution in [0.2, 0.25) is 0 Å². The van der Waals surface area contributed by atoms with E-state index in [1.165, 1.54) is 12.1 Å². The van der Waals surface area contributed by atoms with E-state index in [1.54, 1.807) is 10.7 Å². The van der Waals surface area contributed by atoms with Crippen LogP contribution >= 0.6 is 0 Å². The summed E-state index contributed by atoms with van der Waals surface area (Å²) < 4.78 is 21.2. The van der Waals surface area contributed by atoms with Crippen LogP contribution in [0.3, 0.4) is 0 Å². The van der Waals surface area contributed by atoms with Gasteiger partial charge in [-0.1, -0.05) is 26.8 Å². The van der Waals surface area contributed by atoms with Crippen LogP contribution in [0.15, 0.2) is 53.1 Å². The van der Waals surface area contributed by atoms with Gasteiger partial charge in [-0.25, -0.2) is 9.07 Å². The number of rotatable bonds is 6. The number of hydrogen-bond donors (Lipinski definition) is 2. The zero-order valence-electron chi connectivity index (χ0n) is 17.7. The van der Waals surface area contributed by atoms with Crippen molar-refractivity contribution in [3.05, 3.63) is 77.2 Å². The van der Waals surface area contributed by atoms with Gasteiger partial charge in [0.2, 0.25) is 0 Å². The Morgan fingerprint density at radius 1 is 1.13 bits per heavy atom. The van der Waals surface area contributed by atoms with Crippen molar-refractivity contribution in [2.75, 3.05) is 0 Å². The van der Waals surface area contributed by atoms with Gasteiger partial charge in [-0.3, -0.25) is 5.10 Å². The van der Waals surface area contributed by atoms with E-state index in [4.69, 9.17) is 4.42 Å². The Morgan fingerprint density at radius 2 is 1.97 bits per heavy atom. The fourth-order valence-corrected chi connectivity index (χ4v) is 3.23. The summed E-state index contributed by atoms with van der Waals surface area (Å²) in [7, 11) is 0. The maximum atomic E-state index is 13.7. The van der Waals surface area contributed by atoms with Crippen LogP contribution in [0.4, 0.5) is 4.39 Å². The second kappa shape index (κ2) is 7.91. The first-order valence-corrected chi connectivity index (χ1v) is 9.96. The average molecular weight is 407 g/mol. The molecule has 0 radical (unpaired) electrons. The molecule has 0 atom stereocenters. The minimum absolute atomic E-state index is 0.00512. The molecule has 4 rings (SSSR count). The summed E-state index contributed by atoms with van der Waals surface area (Å²) in [4.78, 5) is 0. The maximum absolute atomic E-state index is 13.7. The van der Waals surface area contributed by atoms with Crippen molar-refractivity contribution >= 4 is 0 Å². The lowest BCUT2D eigenvalue weighted by molar-refractivity contribution is 0.544. The predicted molar refractivity (Wildman–Crippen MR) is 114 cm³/mol. The Hall–Kier alpha value is -3.19. The van der Waals surface area contributed by atoms with Gasteiger partial charge in [0.15, 0.2) is 5.76 Å². The number of aryl methyl sites for hydroxylation is 1. The molecule has 0 amide bonds. The van der Waals surface area contributed by atoms with Gasteiger partial charge < -0.3 is 9.73 Å². The fraction of sp³-hybridized carbons (Fsp3) is 0.304. The van der Waals surface area contributed by atoms with E-state index in [0.717, 1.165) is 28.4 Å². The van der Waals surface area contributed by atoms with Crippen molar-refractivity contribution in [2.45, 2.75) is 46.2 Å². The standard InChI is InChI=1S/C23H26FN5O/c1-15-8-9-20(30-15)22-16(14-29(28-22)19-7-5-6-17(24)10-19)12-25-13-18-11-21(27-26-18)23(2,3)4/h5-11,14,25H,12-13H2,1-4H3,(H,26,27). The largest absolute Gasteiger partial charge is 0.460 e. The number of nitrogens with zero attached hydrogens (tertiary/aromatic N) is 3. The van der Waals surface area contributed by atoms with Gasteiger partial charge in [-0.2, -0.15) is 10.2 Å². The maximum Gasteiger partial charge on any atom is 0.154 e. The molecule has 1 aromatic carbocycles. The molecule has 6 nitrogen and oxygen atoms in total. The Balaban J connectivity index is 1.56. The molecule has 0 spiro atoms. The molecule has 0 aliphatic heterocycles. The third kappa shape index (κ3) is 4.36. The SMILES string of the molecule is Cc1ccc(-c2nn(-c3cccc(F)c3)cc2CNCc2cc(C(C)(C)C)n[nH]2)o1. The molecular formula is C23H26FN5O. The third-order valence-electron chi connectivity index (χ3n) is 4.87. The summed E-state index contributed by atoms with van der Waals surface area (Å²) in [5.74, 6) is 1.21. The topological polar surface area (TPSA) is 71.7 Å². The van der Waals surface area contributed by atoms with E-state index in [2.05, 4.69) is 47.5 Å². The molecule has 0 saturated heterocycles. The lowest BCUT2D eigenvalue weighted by Crippen LogP contribution is -2.13. The third-order valence-corrected chi connectivity index (χ3v) is 4.87. The Bertz CT molecular complexity index is 1150. The van der Waals surface area contributed by atoms with Crippen LogP contribution in [0.1, 0.15) is 43.5 Å². The molecule has 2 N–H and O–H groups in total. The molecular weight excluding hydrogens is 381 g/mol. The van der Waals surface area contributed by atoms with E-state index in [1.807, 2.05) is 31.3 Å². The van der Waals surface area contributed by atoms with Crippen LogP contribution in [-0.4, -0.2) is 20.0 Å². The Morgan fingerprint density at radius 3 is 2.63 bits per heavy atom. The van der Waals surface area contributed by atoms with Crippen molar-refractivity contribution in [2.24, 2.45) is 0 Å². The highest BCUT2D eigenvalue weighted by atomic mass is 19.1. The first kappa shape index (κ1) is 20.1. The summed E-state index contributed by atoms with van der Waals surface area (Å²) in [5.41, 5.74) is 4.42. The summed E-state index contributed by atoms with van der Waals surface area (Å²) in [6.07, 6.45) is 1.91. The van der Waals surface area contributed by atoms with Crippen LogP contribution in [-0.2, 0) is 18.5 Å². The summed E-state index contributed by atoms with van der Waals surface area (Å²) in [5, 5.41) is 15.6. The van der Waals surface area contributed by atoms with Crippen LogP contribution in [0.25, 0.3) is 17.1 Å². The highest BCUT2D eigenvalue weighted by Gasteiger charge is 2.18. The van der Waals surface area contributed by atoms with Crippen molar-refractivity contribution < 1.29 is 8.81 Å². The van der Waals surface area contributed by atoms with E-state index in [0.29, 0.717) is 24.5 Å². The predicted octanol–water partition coefficient (Wildman–Crippen LogP) is 4.89. The quantitative estimate of drug-likeness (QED) is 0.477. The molecule has 0 unspecified atom stereocenters. The number of hydrogen-bond acceptors (Lipinski definition) is 4. The normalized spacial score (nSPS) is 11.9. The number of H-pyrrole nitrogens is 1. The van der Waals surface area contributed by atoms with Gasteiger partial charge in [0.25, 0.3) is 0 Å². The van der Waals surface area contributed by atoms with Gasteiger partial charge in [0, 0.05) is 36.0 Å². The molecule has 0 fully saturated rings. The average Bonchev–Trinajstić information content (AvgIpc) is 3.41. The van der Waals surface area contributed by atoms with E-state index in [-0.39, 0.29) is 11.2 Å². The summed E-state index contributed by atoms with van der Waals surface area (Å²) in [6.45, 7) is 9.53. The minimum Gasteiger partial charge on any atom is -0.460 e. The molecule has 7 heteroatoms. The highest BCUT2D eigenvalue weighted by Crippen LogP contribution is 2.26. The number of halogens is 1. The first-order valence-electron chi connectivity index (χ1n) is 9.96. The van der Waals surface area contributed by atoms with Gasteiger partial charge in [-0.15, -0.1) is 0 Å². The Labute approximate surface area is 175 Å². The molecule has 0 aliphatic carbocycles. The number of benzene rings is 1. The van der Waals surface area contributed by atoms with Crippen molar-refractivity contribution in [3.63, 3.8) is 0 Å². The van der Waals surface area contributed by atoms with Gasteiger partial charge in [0.1, 0.15) is 17.3 Å². The first-order chi connectivity index (χ1) is 14.3. The van der Waals surface area contributed by atoms with Crippen molar-refractivity contribution in [1.29, 1.82) is 0 Å². The molecule has 0 saturated carbocycles. The zero-order chi connectivity index (χ0) is 21.3. The molecule has 30 heavy (non-hydrogen) atoms. The smallest absolute Gasteiger partial charge is 0.154 e. The minimum atomic E-state index is -0.299. The van der Waals surface area contributed by atoms with E-state index < -0.39 is 0 Å². The van der Waals surface area contributed by atoms with Crippen LogP contribution in [0, 0.1) is 12.7 Å². The molecule has 156 valence electrons. The summed E-state index contributed by atoms with van der Waals surface area (Å²) in [6, 6.07) is 12.3. The monoisotopic (exact) mass is 407 g/mol. The summed E-state index contributed by atoms with van der Waals surface area (Å²) >= 11 is 0. The second-order valence-corrected chi connectivity index (χ2v) is 8.47. The second-order valence-electron chi connectivity index (χ2n) is 8.47. The van der Waals surface area contributed by atoms with Gasteiger partial charge in [-0.05, 0) is 43.3 Å². The highest BCUT2D eigenvalue weighted by molar-refractivity contribution is 5.57. The number of nitrogens with one attached hydrogen (secondary N) is 2. The fourth-order valence-electron chi connectivity index (χ4n) is 3.23. The zero-order valence-corrected chi connectivity index (χ0v) is 17.7.